The second-order valence-corrected chi connectivity index (χ2v) is 7.24. The van der Waals surface area contributed by atoms with Gasteiger partial charge in [0.25, 0.3) is 5.91 Å². The molecule has 0 saturated carbocycles. The molecular formula is C20H29NO2. The van der Waals surface area contributed by atoms with Gasteiger partial charge in [-0.2, -0.15) is 0 Å². The molecule has 0 aromatic heterocycles. The summed E-state index contributed by atoms with van der Waals surface area (Å²) >= 11 is 0. The molecule has 0 bridgehead atoms. The van der Waals surface area contributed by atoms with Crippen molar-refractivity contribution in [3.63, 3.8) is 0 Å². The van der Waals surface area contributed by atoms with Crippen molar-refractivity contribution in [1.82, 2.24) is 5.32 Å². The summed E-state index contributed by atoms with van der Waals surface area (Å²) in [5.41, 5.74) is 2.61. The number of carbonyl (C=O) groups excluding carboxylic acids is 1. The lowest BCUT2D eigenvalue weighted by Crippen LogP contribution is -2.30. The zero-order valence-electron chi connectivity index (χ0n) is 14.7. The van der Waals surface area contributed by atoms with Crippen molar-refractivity contribution in [3.05, 3.63) is 41.5 Å². The van der Waals surface area contributed by atoms with E-state index < -0.39 is 0 Å². The minimum Gasteiger partial charge on any atom is -0.483 e. The van der Waals surface area contributed by atoms with Crippen molar-refractivity contribution in [2.75, 3.05) is 13.2 Å². The molecule has 126 valence electrons. The minimum absolute atomic E-state index is 0.000522. The van der Waals surface area contributed by atoms with Gasteiger partial charge in [-0.3, -0.25) is 4.79 Å². The van der Waals surface area contributed by atoms with Crippen LogP contribution in [-0.4, -0.2) is 19.1 Å². The van der Waals surface area contributed by atoms with Gasteiger partial charge in [0.2, 0.25) is 0 Å². The molecule has 23 heavy (non-hydrogen) atoms. The highest BCUT2D eigenvalue weighted by molar-refractivity contribution is 5.77. The first-order valence-electron chi connectivity index (χ1n) is 8.64. The van der Waals surface area contributed by atoms with Gasteiger partial charge in [-0.25, -0.2) is 0 Å². The lowest BCUT2D eigenvalue weighted by Gasteiger charge is -2.22. The first-order valence-corrected chi connectivity index (χ1v) is 8.64. The van der Waals surface area contributed by atoms with E-state index in [0.717, 1.165) is 17.7 Å². The lowest BCUT2D eigenvalue weighted by atomic mass is 9.86. The Balaban J connectivity index is 1.77. The maximum Gasteiger partial charge on any atom is 0.257 e. The van der Waals surface area contributed by atoms with E-state index in [1.54, 1.807) is 0 Å². The SMILES string of the molecule is CC(C)(C)c1ccccc1OCC(=O)NCCC1=CCCCC1. The summed E-state index contributed by atoms with van der Waals surface area (Å²) in [4.78, 5) is 12.0. The Kier molecular flexibility index (Phi) is 6.26. The molecule has 3 heteroatoms. The number of benzene rings is 1. The van der Waals surface area contributed by atoms with Crippen molar-refractivity contribution in [2.24, 2.45) is 0 Å². The van der Waals surface area contributed by atoms with Gasteiger partial charge < -0.3 is 10.1 Å². The standard InChI is InChI=1S/C20H29NO2/c1-20(2,3)17-11-7-8-12-18(17)23-15-19(22)21-14-13-16-9-5-4-6-10-16/h7-9,11-12H,4-6,10,13-15H2,1-3H3,(H,21,22). The van der Waals surface area contributed by atoms with E-state index in [0.29, 0.717) is 6.54 Å². The zero-order valence-corrected chi connectivity index (χ0v) is 14.7. The van der Waals surface area contributed by atoms with E-state index in [1.807, 2.05) is 18.2 Å². The van der Waals surface area contributed by atoms with E-state index in [4.69, 9.17) is 4.74 Å². The Morgan fingerprint density at radius 3 is 2.70 bits per heavy atom. The Bertz CT molecular complexity index is 555. The van der Waals surface area contributed by atoms with Gasteiger partial charge in [0.15, 0.2) is 6.61 Å². The number of hydrogen-bond donors (Lipinski definition) is 1. The fraction of sp³-hybridized carbons (Fsp3) is 0.550. The molecule has 0 saturated heterocycles. The Hall–Kier alpha value is -1.77. The third kappa shape index (κ3) is 5.74. The molecule has 1 N–H and O–H groups in total. The highest BCUT2D eigenvalue weighted by Gasteiger charge is 2.18. The smallest absolute Gasteiger partial charge is 0.257 e. The van der Waals surface area contributed by atoms with E-state index in [2.05, 4.69) is 38.2 Å². The van der Waals surface area contributed by atoms with Crippen LogP contribution in [0.25, 0.3) is 0 Å². The quantitative estimate of drug-likeness (QED) is 0.792. The molecule has 3 nitrogen and oxygen atoms in total. The van der Waals surface area contributed by atoms with Gasteiger partial charge in [0.05, 0.1) is 0 Å². The summed E-state index contributed by atoms with van der Waals surface area (Å²) in [5, 5.41) is 2.95. The molecule has 0 aliphatic heterocycles. The van der Waals surface area contributed by atoms with Crippen LogP contribution in [0.15, 0.2) is 35.9 Å². The van der Waals surface area contributed by atoms with Crippen LogP contribution in [0.5, 0.6) is 5.75 Å². The number of para-hydroxylation sites is 1. The second kappa shape index (κ2) is 8.19. The Labute approximate surface area is 140 Å². The van der Waals surface area contributed by atoms with Crippen LogP contribution in [-0.2, 0) is 10.2 Å². The number of nitrogens with one attached hydrogen (secondary N) is 1. The molecular weight excluding hydrogens is 286 g/mol. The summed E-state index contributed by atoms with van der Waals surface area (Å²) in [6.45, 7) is 7.22. The molecule has 0 radical (unpaired) electrons. The van der Waals surface area contributed by atoms with E-state index in [9.17, 15) is 4.79 Å². The molecule has 1 aromatic carbocycles. The zero-order chi connectivity index (χ0) is 16.7. The molecule has 1 aromatic rings. The lowest BCUT2D eigenvalue weighted by molar-refractivity contribution is -0.123. The summed E-state index contributed by atoms with van der Waals surface area (Å²) in [7, 11) is 0. The molecule has 0 atom stereocenters. The summed E-state index contributed by atoms with van der Waals surface area (Å²) in [5.74, 6) is 0.746. The largest absolute Gasteiger partial charge is 0.483 e. The second-order valence-electron chi connectivity index (χ2n) is 7.24. The van der Waals surface area contributed by atoms with Gasteiger partial charge in [0.1, 0.15) is 5.75 Å². The summed E-state index contributed by atoms with van der Waals surface area (Å²) < 4.78 is 5.74. The van der Waals surface area contributed by atoms with E-state index >= 15 is 0 Å². The van der Waals surface area contributed by atoms with E-state index in [-0.39, 0.29) is 17.9 Å². The third-order valence-electron chi connectivity index (χ3n) is 4.21. The minimum atomic E-state index is -0.0508. The normalized spacial score (nSPS) is 15.0. The van der Waals surface area contributed by atoms with Gasteiger partial charge in [-0.15, -0.1) is 0 Å². The highest BCUT2D eigenvalue weighted by Crippen LogP contribution is 2.30. The van der Waals surface area contributed by atoms with Crippen molar-refractivity contribution in [3.8, 4) is 5.75 Å². The predicted octanol–water partition coefficient (Wildman–Crippen LogP) is 4.37. The summed E-state index contributed by atoms with van der Waals surface area (Å²) in [6.07, 6.45) is 8.25. The number of rotatable bonds is 6. The fourth-order valence-corrected chi connectivity index (χ4v) is 2.90. The van der Waals surface area contributed by atoms with E-state index in [1.165, 1.54) is 31.3 Å². The van der Waals surface area contributed by atoms with Crippen LogP contribution < -0.4 is 10.1 Å². The Morgan fingerprint density at radius 2 is 2.00 bits per heavy atom. The van der Waals surface area contributed by atoms with Crippen LogP contribution in [0.2, 0.25) is 0 Å². The molecule has 0 spiro atoms. The number of amides is 1. The van der Waals surface area contributed by atoms with Crippen molar-refractivity contribution in [1.29, 1.82) is 0 Å². The number of allylic oxidation sites excluding steroid dienone is 1. The van der Waals surface area contributed by atoms with Crippen molar-refractivity contribution >= 4 is 5.91 Å². The summed E-state index contributed by atoms with van der Waals surface area (Å²) in [6, 6.07) is 7.94. The average molecular weight is 315 g/mol. The van der Waals surface area contributed by atoms with Crippen LogP contribution in [0.3, 0.4) is 0 Å². The van der Waals surface area contributed by atoms with Crippen LogP contribution in [0.1, 0.15) is 58.4 Å². The maximum absolute atomic E-state index is 12.0. The molecule has 0 fully saturated rings. The molecule has 1 amide bonds. The first-order chi connectivity index (χ1) is 11.0. The molecule has 0 heterocycles. The van der Waals surface area contributed by atoms with Crippen LogP contribution in [0, 0.1) is 0 Å². The maximum atomic E-state index is 12.0. The molecule has 1 aliphatic rings. The molecule has 1 aliphatic carbocycles. The fourth-order valence-electron chi connectivity index (χ4n) is 2.90. The van der Waals surface area contributed by atoms with Gasteiger partial charge in [0, 0.05) is 6.54 Å². The number of carbonyl (C=O) groups is 1. The average Bonchev–Trinajstić information content (AvgIpc) is 2.53. The van der Waals surface area contributed by atoms with Crippen molar-refractivity contribution < 1.29 is 9.53 Å². The number of ether oxygens (including phenoxy) is 1. The molecule has 0 unspecified atom stereocenters. The van der Waals surface area contributed by atoms with Gasteiger partial charge >= 0.3 is 0 Å². The van der Waals surface area contributed by atoms with Crippen LogP contribution >= 0.6 is 0 Å². The van der Waals surface area contributed by atoms with Gasteiger partial charge in [-0.05, 0) is 49.1 Å². The Morgan fingerprint density at radius 1 is 1.22 bits per heavy atom. The van der Waals surface area contributed by atoms with Gasteiger partial charge in [-0.1, -0.05) is 50.6 Å². The topological polar surface area (TPSA) is 38.3 Å². The monoisotopic (exact) mass is 315 g/mol. The predicted molar refractivity (Wildman–Crippen MR) is 94.8 cm³/mol. The molecule has 2 rings (SSSR count). The first kappa shape index (κ1) is 17.6. The highest BCUT2D eigenvalue weighted by atomic mass is 16.5. The van der Waals surface area contributed by atoms with Crippen LogP contribution in [0.4, 0.5) is 0 Å². The number of hydrogen-bond acceptors (Lipinski definition) is 2. The van der Waals surface area contributed by atoms with Crippen molar-refractivity contribution in [2.45, 2.75) is 58.3 Å². The third-order valence-corrected chi connectivity index (χ3v) is 4.21.